The fourth-order valence-electron chi connectivity index (χ4n) is 2.08. The summed E-state index contributed by atoms with van der Waals surface area (Å²) in [5.41, 5.74) is 0.161. The molecule has 1 heterocycles. The minimum atomic E-state index is -1.00. The van der Waals surface area contributed by atoms with E-state index in [2.05, 4.69) is 0 Å². The first kappa shape index (κ1) is 13.6. The summed E-state index contributed by atoms with van der Waals surface area (Å²) < 4.78 is 5.36. The van der Waals surface area contributed by atoms with Crippen LogP contribution in [0.4, 0.5) is 0 Å². The van der Waals surface area contributed by atoms with Crippen LogP contribution in [-0.4, -0.2) is 28.9 Å². The first-order chi connectivity index (χ1) is 8.97. The van der Waals surface area contributed by atoms with Crippen molar-refractivity contribution in [2.45, 2.75) is 39.2 Å². The highest BCUT2D eigenvalue weighted by Crippen LogP contribution is 2.33. The first-order valence-corrected chi connectivity index (χ1v) is 6.54. The average Bonchev–Trinajstić information content (AvgIpc) is 3.09. The number of aromatic carboxylic acids is 1. The van der Waals surface area contributed by atoms with Crippen molar-refractivity contribution in [1.82, 2.24) is 4.90 Å². The third-order valence-corrected chi connectivity index (χ3v) is 3.48. The van der Waals surface area contributed by atoms with Crippen LogP contribution >= 0.6 is 0 Å². The monoisotopic (exact) mass is 265 g/mol. The Morgan fingerprint density at radius 3 is 2.68 bits per heavy atom. The van der Waals surface area contributed by atoms with Crippen LogP contribution in [0.3, 0.4) is 0 Å². The minimum Gasteiger partial charge on any atom is -0.478 e. The van der Waals surface area contributed by atoms with Crippen molar-refractivity contribution >= 4 is 11.9 Å². The lowest BCUT2D eigenvalue weighted by Crippen LogP contribution is -2.25. The Morgan fingerprint density at radius 2 is 2.16 bits per heavy atom. The fourth-order valence-corrected chi connectivity index (χ4v) is 2.08. The van der Waals surface area contributed by atoms with E-state index >= 15 is 0 Å². The van der Waals surface area contributed by atoms with E-state index in [4.69, 9.17) is 9.52 Å². The topological polar surface area (TPSA) is 70.8 Å². The van der Waals surface area contributed by atoms with Crippen molar-refractivity contribution in [2.75, 3.05) is 7.05 Å². The van der Waals surface area contributed by atoms with Crippen molar-refractivity contribution in [1.29, 1.82) is 0 Å². The van der Waals surface area contributed by atoms with E-state index in [0.717, 1.165) is 12.3 Å². The van der Waals surface area contributed by atoms with Gasteiger partial charge in [0.15, 0.2) is 0 Å². The highest BCUT2D eigenvalue weighted by atomic mass is 16.4. The quantitative estimate of drug-likeness (QED) is 0.857. The van der Waals surface area contributed by atoms with Gasteiger partial charge in [0, 0.05) is 13.5 Å². The Labute approximate surface area is 112 Å². The van der Waals surface area contributed by atoms with Gasteiger partial charge in [-0.2, -0.15) is 0 Å². The van der Waals surface area contributed by atoms with Crippen LogP contribution in [0, 0.1) is 12.8 Å². The second kappa shape index (κ2) is 5.47. The highest BCUT2D eigenvalue weighted by Gasteiger charge is 2.23. The molecule has 1 aliphatic rings. The summed E-state index contributed by atoms with van der Waals surface area (Å²) in [4.78, 5) is 24.4. The molecule has 1 aromatic heterocycles. The summed E-state index contributed by atoms with van der Waals surface area (Å²) >= 11 is 0. The van der Waals surface area contributed by atoms with E-state index in [-0.39, 0.29) is 11.5 Å². The molecule has 1 aliphatic carbocycles. The number of aryl methyl sites for hydroxylation is 1. The molecule has 19 heavy (non-hydrogen) atoms. The number of furan rings is 1. The molecule has 0 saturated heterocycles. The zero-order valence-electron chi connectivity index (χ0n) is 11.3. The van der Waals surface area contributed by atoms with Gasteiger partial charge in [-0.25, -0.2) is 4.79 Å². The molecule has 0 atom stereocenters. The van der Waals surface area contributed by atoms with Crippen molar-refractivity contribution in [3.8, 4) is 0 Å². The van der Waals surface area contributed by atoms with Crippen molar-refractivity contribution in [3.63, 3.8) is 0 Å². The molecule has 1 amide bonds. The number of hydrogen-bond donors (Lipinski definition) is 1. The molecule has 0 unspecified atom stereocenters. The molecule has 1 saturated carbocycles. The van der Waals surface area contributed by atoms with E-state index in [1.165, 1.54) is 18.9 Å². The van der Waals surface area contributed by atoms with Gasteiger partial charge in [-0.3, -0.25) is 4.79 Å². The number of carbonyl (C=O) groups is 2. The largest absolute Gasteiger partial charge is 0.478 e. The van der Waals surface area contributed by atoms with Crippen molar-refractivity contribution in [2.24, 2.45) is 5.92 Å². The van der Waals surface area contributed by atoms with Crippen LogP contribution in [0.25, 0.3) is 0 Å². The van der Waals surface area contributed by atoms with Gasteiger partial charge in [-0.05, 0) is 25.3 Å². The van der Waals surface area contributed by atoms with Gasteiger partial charge in [0.1, 0.15) is 17.1 Å². The van der Waals surface area contributed by atoms with Gasteiger partial charge in [0.05, 0.1) is 6.54 Å². The number of amides is 1. The maximum atomic E-state index is 11.9. The smallest absolute Gasteiger partial charge is 0.339 e. The first-order valence-electron chi connectivity index (χ1n) is 6.54. The van der Waals surface area contributed by atoms with E-state index < -0.39 is 5.97 Å². The minimum absolute atomic E-state index is 0.0813. The van der Waals surface area contributed by atoms with E-state index in [0.29, 0.717) is 24.5 Å². The molecular weight excluding hydrogens is 246 g/mol. The average molecular weight is 265 g/mol. The van der Waals surface area contributed by atoms with Crippen molar-refractivity contribution in [3.05, 3.63) is 23.2 Å². The van der Waals surface area contributed by atoms with Crippen molar-refractivity contribution < 1.29 is 19.1 Å². The number of rotatable bonds is 6. The molecule has 2 rings (SSSR count). The SMILES string of the molecule is Cc1oc(CN(C)C(=O)CCC2CC2)cc1C(=O)O. The van der Waals surface area contributed by atoms with Gasteiger partial charge in [-0.15, -0.1) is 0 Å². The normalized spacial score (nSPS) is 14.4. The van der Waals surface area contributed by atoms with Gasteiger partial charge in [0.2, 0.25) is 5.91 Å². The van der Waals surface area contributed by atoms with Crippen LogP contribution in [0.15, 0.2) is 10.5 Å². The summed E-state index contributed by atoms with van der Waals surface area (Å²) in [6.07, 6.45) is 4.01. The third-order valence-electron chi connectivity index (χ3n) is 3.48. The molecule has 1 aromatic rings. The van der Waals surface area contributed by atoms with Crippen LogP contribution < -0.4 is 0 Å². The lowest BCUT2D eigenvalue weighted by molar-refractivity contribution is -0.130. The van der Waals surface area contributed by atoms with E-state index in [1.54, 1.807) is 18.9 Å². The number of hydrogen-bond acceptors (Lipinski definition) is 3. The number of carboxylic acids is 1. The predicted octanol–water partition coefficient (Wildman–Crippen LogP) is 2.43. The molecule has 1 N–H and O–H groups in total. The summed E-state index contributed by atoms with van der Waals surface area (Å²) in [5.74, 6) is 0.702. The molecule has 0 radical (unpaired) electrons. The molecule has 5 heteroatoms. The predicted molar refractivity (Wildman–Crippen MR) is 68.8 cm³/mol. The molecular formula is C14H19NO4. The number of nitrogens with zero attached hydrogens (tertiary/aromatic N) is 1. The molecule has 0 spiro atoms. The summed E-state index contributed by atoms with van der Waals surface area (Å²) in [6.45, 7) is 1.93. The maximum Gasteiger partial charge on any atom is 0.339 e. The molecule has 5 nitrogen and oxygen atoms in total. The van der Waals surface area contributed by atoms with Crippen LogP contribution in [0.5, 0.6) is 0 Å². The van der Waals surface area contributed by atoms with Crippen LogP contribution in [0.1, 0.15) is 47.6 Å². The molecule has 1 fully saturated rings. The number of carboxylic acid groups (broad SMARTS) is 1. The Morgan fingerprint density at radius 1 is 1.47 bits per heavy atom. The Hall–Kier alpha value is -1.78. The molecule has 0 bridgehead atoms. The summed E-state index contributed by atoms with van der Waals surface area (Å²) in [6, 6.07) is 1.49. The highest BCUT2D eigenvalue weighted by molar-refractivity contribution is 5.88. The van der Waals surface area contributed by atoms with Gasteiger partial charge in [0.25, 0.3) is 0 Å². The second-order valence-electron chi connectivity index (χ2n) is 5.22. The van der Waals surface area contributed by atoms with E-state index in [1.807, 2.05) is 0 Å². The maximum absolute atomic E-state index is 11.9. The lowest BCUT2D eigenvalue weighted by atomic mass is 10.2. The second-order valence-corrected chi connectivity index (χ2v) is 5.22. The van der Waals surface area contributed by atoms with E-state index in [9.17, 15) is 9.59 Å². The Kier molecular flexibility index (Phi) is 3.93. The van der Waals surface area contributed by atoms with Crippen LogP contribution in [0.2, 0.25) is 0 Å². The zero-order valence-corrected chi connectivity index (χ0v) is 11.3. The third kappa shape index (κ3) is 3.59. The molecule has 0 aliphatic heterocycles. The number of carbonyl (C=O) groups excluding carboxylic acids is 1. The summed E-state index contributed by atoms with van der Waals surface area (Å²) in [7, 11) is 1.72. The molecule has 104 valence electrons. The lowest BCUT2D eigenvalue weighted by Gasteiger charge is -2.15. The van der Waals surface area contributed by atoms with Gasteiger partial charge >= 0.3 is 5.97 Å². The standard InChI is InChI=1S/C14H19NO4/c1-9-12(14(17)18)7-11(19-9)8-15(2)13(16)6-5-10-3-4-10/h7,10H,3-6,8H2,1-2H3,(H,17,18). The zero-order chi connectivity index (χ0) is 14.0. The Balaban J connectivity index is 1.89. The summed E-state index contributed by atoms with van der Waals surface area (Å²) in [5, 5.41) is 8.93. The van der Waals surface area contributed by atoms with Crippen LogP contribution in [-0.2, 0) is 11.3 Å². The van der Waals surface area contributed by atoms with Gasteiger partial charge < -0.3 is 14.4 Å². The van der Waals surface area contributed by atoms with Gasteiger partial charge in [-0.1, -0.05) is 12.8 Å². The molecule has 0 aromatic carbocycles. The Bertz CT molecular complexity index is 488. The fraction of sp³-hybridized carbons (Fsp3) is 0.571.